The van der Waals surface area contributed by atoms with E-state index in [1.165, 1.54) is 37.3 Å². The van der Waals surface area contributed by atoms with E-state index in [-0.39, 0.29) is 16.9 Å². The summed E-state index contributed by atoms with van der Waals surface area (Å²) in [4.78, 5) is 24.4. The summed E-state index contributed by atoms with van der Waals surface area (Å²) in [5, 5.41) is 4.47. The molecule has 7 nitrogen and oxygen atoms in total. The van der Waals surface area contributed by atoms with Crippen LogP contribution in [0, 0.1) is 5.41 Å². The van der Waals surface area contributed by atoms with Gasteiger partial charge in [0.05, 0.1) is 6.54 Å². The Morgan fingerprint density at radius 1 is 1.10 bits per heavy atom. The number of hydrogen-bond donors (Lipinski definition) is 1. The van der Waals surface area contributed by atoms with Crippen molar-refractivity contribution in [2.24, 2.45) is 5.41 Å². The van der Waals surface area contributed by atoms with Crippen LogP contribution in [0.15, 0.2) is 0 Å². The molecule has 2 saturated heterocycles. The van der Waals surface area contributed by atoms with Crippen molar-refractivity contribution in [3.05, 3.63) is 5.82 Å². The van der Waals surface area contributed by atoms with Crippen LogP contribution in [0.1, 0.15) is 73.1 Å². The van der Waals surface area contributed by atoms with Gasteiger partial charge in [-0.2, -0.15) is 4.37 Å². The first kappa shape index (κ1) is 24.4. The molecule has 0 spiro atoms. The second kappa shape index (κ2) is 10.1. The first-order chi connectivity index (χ1) is 14.7. The third kappa shape index (κ3) is 5.96. The Hall–Kier alpha value is -1.25. The van der Waals surface area contributed by atoms with Crippen LogP contribution in [0.3, 0.4) is 0 Å². The van der Waals surface area contributed by atoms with E-state index >= 15 is 0 Å². The lowest BCUT2D eigenvalue weighted by molar-refractivity contribution is -0.142. The van der Waals surface area contributed by atoms with Crippen LogP contribution in [0.4, 0.5) is 5.13 Å². The summed E-state index contributed by atoms with van der Waals surface area (Å²) in [6.07, 6.45) is 4.57. The van der Waals surface area contributed by atoms with Crippen LogP contribution in [-0.4, -0.2) is 80.8 Å². The number of amides is 1. The van der Waals surface area contributed by atoms with Gasteiger partial charge in [-0.25, -0.2) is 4.98 Å². The second-order valence-corrected chi connectivity index (χ2v) is 11.1. The number of carbonyl (C=O) groups is 1. The summed E-state index contributed by atoms with van der Waals surface area (Å²) >= 11 is 1.47. The molecule has 0 unspecified atom stereocenters. The van der Waals surface area contributed by atoms with E-state index in [2.05, 4.69) is 47.2 Å². The lowest BCUT2D eigenvalue weighted by Crippen LogP contribution is -2.51. The van der Waals surface area contributed by atoms with Gasteiger partial charge >= 0.3 is 0 Å². The normalized spacial score (nSPS) is 21.6. The Bertz CT molecular complexity index is 725. The van der Waals surface area contributed by atoms with Crippen molar-refractivity contribution in [1.29, 1.82) is 0 Å². The average Bonchev–Trinajstić information content (AvgIpc) is 3.42. The van der Waals surface area contributed by atoms with Crippen LogP contribution in [0.5, 0.6) is 0 Å². The van der Waals surface area contributed by atoms with E-state index < -0.39 is 0 Å². The summed E-state index contributed by atoms with van der Waals surface area (Å²) in [5.74, 6) is 1.17. The number of piperazine rings is 1. The zero-order valence-electron chi connectivity index (χ0n) is 20.4. The molecular formula is C23H42N6OS. The Morgan fingerprint density at radius 2 is 1.81 bits per heavy atom. The number of aromatic nitrogens is 2. The van der Waals surface area contributed by atoms with E-state index in [4.69, 9.17) is 4.98 Å². The number of hydrogen-bond acceptors (Lipinski definition) is 7. The van der Waals surface area contributed by atoms with Crippen molar-refractivity contribution in [2.75, 3.05) is 44.6 Å². The van der Waals surface area contributed by atoms with Gasteiger partial charge in [0.1, 0.15) is 0 Å². The van der Waals surface area contributed by atoms with Gasteiger partial charge in [0.2, 0.25) is 11.0 Å². The first-order valence-corrected chi connectivity index (χ1v) is 12.8. The van der Waals surface area contributed by atoms with Gasteiger partial charge in [-0.05, 0) is 46.1 Å². The summed E-state index contributed by atoms with van der Waals surface area (Å²) in [6, 6.07) is 0.570. The van der Waals surface area contributed by atoms with Crippen LogP contribution >= 0.6 is 11.5 Å². The number of likely N-dealkylation sites (tertiary alicyclic amines) is 1. The maximum Gasteiger partial charge on any atom is 0.228 e. The highest BCUT2D eigenvalue weighted by atomic mass is 32.1. The highest BCUT2D eigenvalue weighted by Gasteiger charge is 2.35. The maximum absolute atomic E-state index is 12.7. The molecule has 0 aromatic carbocycles. The predicted octanol–water partition coefficient (Wildman–Crippen LogP) is 3.68. The quantitative estimate of drug-likeness (QED) is 0.619. The van der Waals surface area contributed by atoms with Gasteiger partial charge in [0.25, 0.3) is 0 Å². The van der Waals surface area contributed by atoms with E-state index in [0.717, 1.165) is 56.6 Å². The molecular weight excluding hydrogens is 408 g/mol. The van der Waals surface area contributed by atoms with Crippen molar-refractivity contribution >= 4 is 22.6 Å². The largest absolute Gasteiger partial charge is 0.359 e. The third-order valence-corrected chi connectivity index (χ3v) is 8.17. The number of carbonyl (C=O) groups excluding carboxylic acids is 1. The standard InChI is InChI=1S/C23H42N6OS/c1-7-22(3,4)20(30)28-14-12-27(13-15-28)17-19-25-21(31-26-19)24-16-18-10-9-11-29(18)23(5,6)8-2/h18H,7-17H2,1-6H3,(H,24,25,26)/t18-/m0/s1. The lowest BCUT2D eigenvalue weighted by Gasteiger charge is -2.39. The minimum absolute atomic E-state index is 0.255. The van der Waals surface area contributed by atoms with Crippen molar-refractivity contribution in [2.45, 2.75) is 85.4 Å². The monoisotopic (exact) mass is 450 g/mol. The van der Waals surface area contributed by atoms with E-state index in [0.29, 0.717) is 6.04 Å². The SMILES string of the molecule is CCC(C)(C)C(=O)N1CCN(Cc2nsc(NC[C@@H]3CCCN3C(C)(C)CC)n2)CC1. The molecule has 0 saturated carbocycles. The summed E-state index contributed by atoms with van der Waals surface area (Å²) in [5.41, 5.74) is -0.00848. The molecule has 176 valence electrons. The molecule has 0 radical (unpaired) electrons. The highest BCUT2D eigenvalue weighted by Crippen LogP contribution is 2.29. The third-order valence-electron chi connectivity index (χ3n) is 7.46. The van der Waals surface area contributed by atoms with Gasteiger partial charge in [-0.1, -0.05) is 27.7 Å². The molecule has 2 fully saturated rings. The molecule has 0 aliphatic carbocycles. The fourth-order valence-electron chi connectivity index (χ4n) is 4.53. The molecule has 3 heterocycles. The topological polar surface area (TPSA) is 64.6 Å². The van der Waals surface area contributed by atoms with Gasteiger partial charge in [-0.3, -0.25) is 14.6 Å². The highest BCUT2D eigenvalue weighted by molar-refractivity contribution is 7.09. The van der Waals surface area contributed by atoms with Crippen molar-refractivity contribution in [3.63, 3.8) is 0 Å². The molecule has 1 N–H and O–H groups in total. The summed E-state index contributed by atoms with van der Waals surface area (Å²) in [6.45, 7) is 19.4. The number of nitrogens with zero attached hydrogens (tertiary/aromatic N) is 5. The Balaban J connectivity index is 1.45. The van der Waals surface area contributed by atoms with Gasteiger partial charge < -0.3 is 10.2 Å². The van der Waals surface area contributed by atoms with Gasteiger partial charge in [0.15, 0.2) is 5.82 Å². The molecule has 1 aromatic heterocycles. The minimum Gasteiger partial charge on any atom is -0.359 e. The molecule has 2 aliphatic heterocycles. The van der Waals surface area contributed by atoms with Crippen molar-refractivity contribution < 1.29 is 4.79 Å². The maximum atomic E-state index is 12.7. The number of nitrogens with one attached hydrogen (secondary N) is 1. The molecule has 0 bridgehead atoms. The van der Waals surface area contributed by atoms with Gasteiger partial charge in [0, 0.05) is 61.3 Å². The average molecular weight is 451 g/mol. The molecule has 1 amide bonds. The second-order valence-electron chi connectivity index (χ2n) is 10.4. The lowest BCUT2D eigenvalue weighted by atomic mass is 9.88. The first-order valence-electron chi connectivity index (χ1n) is 12.0. The molecule has 1 atom stereocenters. The van der Waals surface area contributed by atoms with E-state index in [9.17, 15) is 4.79 Å². The minimum atomic E-state index is -0.263. The van der Waals surface area contributed by atoms with Crippen LogP contribution in [0.2, 0.25) is 0 Å². The molecule has 3 rings (SSSR count). The molecule has 31 heavy (non-hydrogen) atoms. The van der Waals surface area contributed by atoms with Crippen LogP contribution in [0.25, 0.3) is 0 Å². The van der Waals surface area contributed by atoms with Crippen molar-refractivity contribution in [3.8, 4) is 0 Å². The summed E-state index contributed by atoms with van der Waals surface area (Å²) < 4.78 is 4.58. The molecule has 2 aliphatic rings. The predicted molar refractivity (Wildman–Crippen MR) is 128 cm³/mol. The Labute approximate surface area is 192 Å². The fraction of sp³-hybridized carbons (Fsp3) is 0.870. The number of rotatable bonds is 9. The zero-order valence-corrected chi connectivity index (χ0v) is 21.2. The van der Waals surface area contributed by atoms with Crippen LogP contribution < -0.4 is 5.32 Å². The zero-order chi connectivity index (χ0) is 22.6. The number of anilines is 1. The van der Waals surface area contributed by atoms with E-state index in [1.54, 1.807) is 0 Å². The molecule has 1 aromatic rings. The van der Waals surface area contributed by atoms with Crippen LogP contribution in [-0.2, 0) is 11.3 Å². The van der Waals surface area contributed by atoms with Gasteiger partial charge in [-0.15, -0.1) is 0 Å². The van der Waals surface area contributed by atoms with Crippen molar-refractivity contribution in [1.82, 2.24) is 24.1 Å². The Morgan fingerprint density at radius 3 is 2.45 bits per heavy atom. The molecule has 8 heteroatoms. The fourth-order valence-corrected chi connectivity index (χ4v) is 5.12. The Kier molecular flexibility index (Phi) is 7.97. The smallest absolute Gasteiger partial charge is 0.228 e. The summed E-state index contributed by atoms with van der Waals surface area (Å²) in [7, 11) is 0. The van der Waals surface area contributed by atoms with E-state index in [1.807, 2.05) is 18.7 Å².